The lowest BCUT2D eigenvalue weighted by molar-refractivity contribution is 0.0887. The van der Waals surface area contributed by atoms with Crippen LogP contribution < -0.4 is 5.32 Å². The summed E-state index contributed by atoms with van der Waals surface area (Å²) in [5.41, 5.74) is 1.34. The van der Waals surface area contributed by atoms with Crippen LogP contribution in [0.15, 0.2) is 30.3 Å². The van der Waals surface area contributed by atoms with Crippen molar-refractivity contribution in [3.8, 4) is 0 Å². The maximum absolute atomic E-state index is 9.57. The molecule has 0 saturated carbocycles. The molecule has 1 aliphatic rings. The molecule has 1 aromatic carbocycles. The molecule has 3 nitrogen and oxygen atoms in total. The van der Waals surface area contributed by atoms with Crippen LogP contribution in [0.4, 0.5) is 0 Å². The molecule has 1 saturated heterocycles. The molecule has 88 valence electrons. The van der Waals surface area contributed by atoms with E-state index < -0.39 is 0 Å². The Kier molecular flexibility index (Phi) is 3.93. The fraction of sp³-hybridized carbons (Fsp3) is 0.538. The zero-order chi connectivity index (χ0) is 11.4. The highest BCUT2D eigenvalue weighted by molar-refractivity contribution is 5.14. The molecule has 0 spiro atoms. The van der Waals surface area contributed by atoms with E-state index in [1.54, 1.807) is 0 Å². The summed E-state index contributed by atoms with van der Waals surface area (Å²) in [5.74, 6) is 0. The first-order chi connectivity index (χ1) is 7.75. The third kappa shape index (κ3) is 3.04. The minimum Gasteiger partial charge on any atom is -0.392 e. The molecule has 3 heteroatoms. The van der Waals surface area contributed by atoms with Gasteiger partial charge in [-0.15, -0.1) is 0 Å². The lowest BCUT2D eigenvalue weighted by Crippen LogP contribution is -2.54. The van der Waals surface area contributed by atoms with Gasteiger partial charge < -0.3 is 10.4 Å². The molecular weight excluding hydrogens is 200 g/mol. The molecule has 0 bridgehead atoms. The third-order valence-electron chi connectivity index (χ3n) is 3.12. The van der Waals surface area contributed by atoms with Gasteiger partial charge in [-0.3, -0.25) is 4.90 Å². The van der Waals surface area contributed by atoms with Gasteiger partial charge in [0.2, 0.25) is 0 Å². The first kappa shape index (κ1) is 11.6. The normalized spacial score (nSPS) is 24.2. The number of aliphatic hydroxyl groups is 1. The number of nitrogens with one attached hydrogen (secondary N) is 1. The van der Waals surface area contributed by atoms with Crippen molar-refractivity contribution in [1.29, 1.82) is 0 Å². The van der Waals surface area contributed by atoms with Crippen LogP contribution in [0, 0.1) is 0 Å². The molecule has 2 atom stereocenters. The van der Waals surface area contributed by atoms with Gasteiger partial charge in [-0.05, 0) is 12.5 Å². The molecule has 1 aromatic rings. The predicted octanol–water partition coefficient (Wildman–Crippen LogP) is 0.841. The van der Waals surface area contributed by atoms with Gasteiger partial charge in [-0.25, -0.2) is 0 Å². The monoisotopic (exact) mass is 220 g/mol. The first-order valence-corrected chi connectivity index (χ1v) is 5.93. The maximum Gasteiger partial charge on any atom is 0.0677 e. The van der Waals surface area contributed by atoms with E-state index in [-0.39, 0.29) is 12.1 Å². The summed E-state index contributed by atoms with van der Waals surface area (Å²) in [5, 5.41) is 12.9. The Labute approximate surface area is 97.1 Å². The SMILES string of the molecule is C[C@H](O)[C@H]1CN(Cc2ccccc2)CCN1. The zero-order valence-corrected chi connectivity index (χ0v) is 9.76. The van der Waals surface area contributed by atoms with Crippen LogP contribution in [0.2, 0.25) is 0 Å². The average Bonchev–Trinajstić information content (AvgIpc) is 2.30. The Bertz CT molecular complexity index is 313. The average molecular weight is 220 g/mol. The van der Waals surface area contributed by atoms with Crippen LogP contribution in [0.3, 0.4) is 0 Å². The lowest BCUT2D eigenvalue weighted by atomic mass is 10.1. The van der Waals surface area contributed by atoms with Gasteiger partial charge in [0.05, 0.1) is 6.10 Å². The van der Waals surface area contributed by atoms with Crippen molar-refractivity contribution in [2.75, 3.05) is 19.6 Å². The Hall–Kier alpha value is -0.900. The number of hydrogen-bond donors (Lipinski definition) is 2. The first-order valence-electron chi connectivity index (χ1n) is 5.93. The van der Waals surface area contributed by atoms with E-state index >= 15 is 0 Å². The summed E-state index contributed by atoms with van der Waals surface area (Å²) in [6, 6.07) is 10.7. The summed E-state index contributed by atoms with van der Waals surface area (Å²) >= 11 is 0. The molecule has 1 fully saturated rings. The fourth-order valence-electron chi connectivity index (χ4n) is 2.15. The largest absolute Gasteiger partial charge is 0.392 e. The third-order valence-corrected chi connectivity index (χ3v) is 3.12. The van der Waals surface area contributed by atoms with Crippen LogP contribution in [0.1, 0.15) is 12.5 Å². The molecule has 2 rings (SSSR count). The number of piperazine rings is 1. The maximum atomic E-state index is 9.57. The van der Waals surface area contributed by atoms with Crippen molar-refractivity contribution in [3.05, 3.63) is 35.9 Å². The molecule has 0 unspecified atom stereocenters. The lowest BCUT2D eigenvalue weighted by Gasteiger charge is -2.35. The van der Waals surface area contributed by atoms with E-state index in [1.165, 1.54) is 5.56 Å². The Morgan fingerprint density at radius 1 is 1.44 bits per heavy atom. The summed E-state index contributed by atoms with van der Waals surface area (Å²) < 4.78 is 0. The van der Waals surface area contributed by atoms with Crippen LogP contribution in [-0.2, 0) is 6.54 Å². The minimum atomic E-state index is -0.279. The second-order valence-corrected chi connectivity index (χ2v) is 4.52. The molecule has 0 amide bonds. The summed E-state index contributed by atoms with van der Waals surface area (Å²) in [4.78, 5) is 2.39. The number of benzene rings is 1. The number of nitrogens with zero attached hydrogens (tertiary/aromatic N) is 1. The highest BCUT2D eigenvalue weighted by Crippen LogP contribution is 2.08. The number of hydrogen-bond acceptors (Lipinski definition) is 3. The van der Waals surface area contributed by atoms with Crippen LogP contribution in [0.5, 0.6) is 0 Å². The quantitative estimate of drug-likeness (QED) is 0.792. The van der Waals surface area contributed by atoms with E-state index in [2.05, 4.69) is 34.5 Å². The van der Waals surface area contributed by atoms with Crippen molar-refractivity contribution in [1.82, 2.24) is 10.2 Å². The highest BCUT2D eigenvalue weighted by atomic mass is 16.3. The van der Waals surface area contributed by atoms with Crippen LogP contribution >= 0.6 is 0 Å². The Balaban J connectivity index is 1.90. The van der Waals surface area contributed by atoms with E-state index in [0.29, 0.717) is 0 Å². The molecule has 0 aliphatic carbocycles. The van der Waals surface area contributed by atoms with E-state index in [4.69, 9.17) is 0 Å². The van der Waals surface area contributed by atoms with Gasteiger partial charge in [-0.1, -0.05) is 30.3 Å². The summed E-state index contributed by atoms with van der Waals surface area (Å²) in [6.45, 7) is 5.77. The van der Waals surface area contributed by atoms with Gasteiger partial charge in [0.1, 0.15) is 0 Å². The van der Waals surface area contributed by atoms with Crippen molar-refractivity contribution in [3.63, 3.8) is 0 Å². The van der Waals surface area contributed by atoms with Gasteiger partial charge in [0.25, 0.3) is 0 Å². The van der Waals surface area contributed by atoms with Crippen molar-refractivity contribution >= 4 is 0 Å². The summed E-state index contributed by atoms with van der Waals surface area (Å²) in [6.07, 6.45) is -0.279. The Morgan fingerprint density at radius 2 is 2.19 bits per heavy atom. The molecule has 0 radical (unpaired) electrons. The molecule has 1 heterocycles. The standard InChI is InChI=1S/C13H20N2O/c1-11(16)13-10-15(8-7-14-13)9-12-5-3-2-4-6-12/h2-6,11,13-14,16H,7-10H2,1H3/t11-,13+/m0/s1. The van der Waals surface area contributed by atoms with Gasteiger partial charge in [0, 0.05) is 32.2 Å². The number of aliphatic hydroxyl groups excluding tert-OH is 1. The van der Waals surface area contributed by atoms with Crippen LogP contribution in [-0.4, -0.2) is 41.8 Å². The van der Waals surface area contributed by atoms with E-state index in [0.717, 1.165) is 26.2 Å². The smallest absolute Gasteiger partial charge is 0.0677 e. The van der Waals surface area contributed by atoms with Crippen molar-refractivity contribution in [2.24, 2.45) is 0 Å². The molecular formula is C13H20N2O. The van der Waals surface area contributed by atoms with Gasteiger partial charge >= 0.3 is 0 Å². The topological polar surface area (TPSA) is 35.5 Å². The molecule has 1 aliphatic heterocycles. The van der Waals surface area contributed by atoms with Crippen molar-refractivity contribution < 1.29 is 5.11 Å². The minimum absolute atomic E-state index is 0.206. The molecule has 0 aromatic heterocycles. The second kappa shape index (κ2) is 5.43. The van der Waals surface area contributed by atoms with E-state index in [9.17, 15) is 5.11 Å². The Morgan fingerprint density at radius 3 is 2.88 bits per heavy atom. The van der Waals surface area contributed by atoms with Gasteiger partial charge in [0.15, 0.2) is 0 Å². The molecule has 16 heavy (non-hydrogen) atoms. The van der Waals surface area contributed by atoms with E-state index in [1.807, 2.05) is 13.0 Å². The highest BCUT2D eigenvalue weighted by Gasteiger charge is 2.22. The second-order valence-electron chi connectivity index (χ2n) is 4.52. The summed E-state index contributed by atoms with van der Waals surface area (Å²) in [7, 11) is 0. The predicted molar refractivity (Wildman–Crippen MR) is 65.2 cm³/mol. The molecule has 2 N–H and O–H groups in total. The number of rotatable bonds is 3. The van der Waals surface area contributed by atoms with Crippen LogP contribution in [0.25, 0.3) is 0 Å². The van der Waals surface area contributed by atoms with Crippen molar-refractivity contribution in [2.45, 2.75) is 25.6 Å². The van der Waals surface area contributed by atoms with Gasteiger partial charge in [-0.2, -0.15) is 0 Å². The zero-order valence-electron chi connectivity index (χ0n) is 9.76. The fourth-order valence-corrected chi connectivity index (χ4v) is 2.15.